The van der Waals surface area contributed by atoms with Crippen LogP contribution in [0.5, 0.6) is 0 Å². The molecule has 1 atom stereocenters. The molecule has 11 heteroatoms. The highest BCUT2D eigenvalue weighted by atomic mass is 32.2. The molecule has 2 aromatic heterocycles. The zero-order chi connectivity index (χ0) is 24.0. The molecule has 0 aliphatic heterocycles. The van der Waals surface area contributed by atoms with Gasteiger partial charge in [-0.3, -0.25) is 0 Å². The van der Waals surface area contributed by atoms with Gasteiger partial charge >= 0.3 is 6.18 Å². The first-order valence-corrected chi connectivity index (χ1v) is 11.5. The summed E-state index contributed by atoms with van der Waals surface area (Å²) in [6.07, 6.45) is -3.69. The molecule has 4 aromatic rings. The molecule has 0 spiro atoms. The Kier molecular flexibility index (Phi) is 5.71. The molecule has 2 heterocycles. The van der Waals surface area contributed by atoms with Crippen LogP contribution in [-0.4, -0.2) is 24.8 Å². The standard InChI is InChI=1S/C22H17F4N3O3S/c1-33(30,31)20-9-8-16(23)18(28-20)11-17(27)13-4-2-3-5-14(13)21-15-7-6-12(22(24,25)26)10-19(15)32-29-21/h2-10,17H,11,27H2,1H3/t17-/m0/s1. The van der Waals surface area contributed by atoms with Crippen LogP contribution in [0.15, 0.2) is 64.1 Å². The van der Waals surface area contributed by atoms with Gasteiger partial charge in [-0.05, 0) is 35.9 Å². The number of alkyl halides is 3. The molecule has 0 aliphatic rings. The molecule has 0 aliphatic carbocycles. The van der Waals surface area contributed by atoms with Crippen molar-refractivity contribution in [2.45, 2.75) is 23.7 Å². The van der Waals surface area contributed by atoms with Crippen LogP contribution in [0, 0.1) is 5.82 Å². The predicted octanol–water partition coefficient (Wildman–Crippen LogP) is 4.69. The van der Waals surface area contributed by atoms with Crippen molar-refractivity contribution in [1.29, 1.82) is 0 Å². The number of rotatable bonds is 5. The maximum atomic E-state index is 14.3. The lowest BCUT2D eigenvalue weighted by atomic mass is 9.94. The fourth-order valence-electron chi connectivity index (χ4n) is 3.48. The Balaban J connectivity index is 1.73. The lowest BCUT2D eigenvalue weighted by molar-refractivity contribution is -0.137. The van der Waals surface area contributed by atoms with Gasteiger partial charge in [0.15, 0.2) is 20.4 Å². The summed E-state index contributed by atoms with van der Waals surface area (Å²) in [5.41, 5.74) is 6.57. The number of pyridine rings is 1. The lowest BCUT2D eigenvalue weighted by Crippen LogP contribution is -2.17. The molecule has 0 radical (unpaired) electrons. The predicted molar refractivity (Wildman–Crippen MR) is 112 cm³/mol. The van der Waals surface area contributed by atoms with E-state index in [4.69, 9.17) is 10.3 Å². The first kappa shape index (κ1) is 22.9. The van der Waals surface area contributed by atoms with Gasteiger partial charge < -0.3 is 10.3 Å². The number of aromatic nitrogens is 2. The topological polar surface area (TPSA) is 99.1 Å². The normalized spacial score (nSPS) is 13.4. The zero-order valence-electron chi connectivity index (χ0n) is 17.1. The molecular formula is C22H17F4N3O3S. The van der Waals surface area contributed by atoms with Crippen LogP contribution in [0.25, 0.3) is 22.2 Å². The summed E-state index contributed by atoms with van der Waals surface area (Å²) in [6.45, 7) is 0. The summed E-state index contributed by atoms with van der Waals surface area (Å²) in [6, 6.07) is 11.1. The summed E-state index contributed by atoms with van der Waals surface area (Å²) in [5.74, 6) is -0.707. The summed E-state index contributed by atoms with van der Waals surface area (Å²) in [5, 5.41) is 4.01. The molecule has 2 aromatic carbocycles. The third kappa shape index (κ3) is 4.60. The Morgan fingerprint density at radius 1 is 1.09 bits per heavy atom. The van der Waals surface area contributed by atoms with Crippen LogP contribution in [-0.2, 0) is 22.4 Å². The fraction of sp³-hybridized carbons (Fsp3) is 0.182. The van der Waals surface area contributed by atoms with E-state index >= 15 is 0 Å². The molecule has 0 saturated heterocycles. The van der Waals surface area contributed by atoms with Gasteiger partial charge in [-0.1, -0.05) is 29.4 Å². The second-order valence-corrected chi connectivity index (χ2v) is 9.45. The fourth-order valence-corrected chi connectivity index (χ4v) is 4.07. The van der Waals surface area contributed by atoms with Crippen molar-refractivity contribution in [1.82, 2.24) is 10.1 Å². The van der Waals surface area contributed by atoms with Crippen molar-refractivity contribution in [3.8, 4) is 11.3 Å². The second kappa shape index (κ2) is 8.23. The third-order valence-corrected chi connectivity index (χ3v) is 6.09. The Morgan fingerprint density at radius 2 is 1.82 bits per heavy atom. The van der Waals surface area contributed by atoms with Crippen LogP contribution in [0.1, 0.15) is 22.9 Å². The van der Waals surface area contributed by atoms with Gasteiger partial charge in [-0.15, -0.1) is 0 Å². The average Bonchev–Trinajstić information content (AvgIpc) is 3.17. The minimum absolute atomic E-state index is 0.0447. The number of fused-ring (bicyclic) bond motifs is 1. The monoisotopic (exact) mass is 479 g/mol. The number of sulfone groups is 1. The minimum Gasteiger partial charge on any atom is -0.356 e. The van der Waals surface area contributed by atoms with Crippen LogP contribution in [0.2, 0.25) is 0 Å². The molecule has 4 rings (SSSR count). The van der Waals surface area contributed by atoms with Crippen molar-refractivity contribution in [3.63, 3.8) is 0 Å². The second-order valence-electron chi connectivity index (χ2n) is 7.49. The highest BCUT2D eigenvalue weighted by Gasteiger charge is 2.31. The number of benzene rings is 2. The van der Waals surface area contributed by atoms with Crippen molar-refractivity contribution >= 4 is 20.8 Å². The van der Waals surface area contributed by atoms with E-state index in [-0.39, 0.29) is 28.4 Å². The largest absolute Gasteiger partial charge is 0.416 e. The molecule has 0 unspecified atom stereocenters. The van der Waals surface area contributed by atoms with Crippen LogP contribution in [0.4, 0.5) is 17.6 Å². The maximum absolute atomic E-state index is 14.3. The number of nitrogens with zero attached hydrogens (tertiary/aromatic N) is 2. The summed E-state index contributed by atoms with van der Waals surface area (Å²) < 4.78 is 82.0. The van der Waals surface area contributed by atoms with E-state index in [0.717, 1.165) is 30.5 Å². The third-order valence-electron chi connectivity index (χ3n) is 5.10. The first-order chi connectivity index (χ1) is 15.4. The van der Waals surface area contributed by atoms with Crippen LogP contribution < -0.4 is 5.73 Å². The Morgan fingerprint density at radius 3 is 2.52 bits per heavy atom. The molecule has 172 valence electrons. The van der Waals surface area contributed by atoms with Crippen molar-refractivity contribution < 1.29 is 30.5 Å². The Labute approximate surface area is 185 Å². The highest BCUT2D eigenvalue weighted by molar-refractivity contribution is 7.90. The minimum atomic E-state index is -4.53. The van der Waals surface area contributed by atoms with E-state index in [9.17, 15) is 26.0 Å². The molecular weight excluding hydrogens is 462 g/mol. The highest BCUT2D eigenvalue weighted by Crippen LogP contribution is 2.36. The van der Waals surface area contributed by atoms with Gasteiger partial charge in [-0.2, -0.15) is 13.2 Å². The lowest BCUT2D eigenvalue weighted by Gasteiger charge is -2.16. The van der Waals surface area contributed by atoms with Gasteiger partial charge in [0, 0.05) is 29.7 Å². The van der Waals surface area contributed by atoms with E-state index in [2.05, 4.69) is 10.1 Å². The van der Waals surface area contributed by atoms with Crippen LogP contribution >= 0.6 is 0 Å². The average molecular weight is 479 g/mol. The van der Waals surface area contributed by atoms with E-state index < -0.39 is 33.4 Å². The van der Waals surface area contributed by atoms with Gasteiger partial charge in [0.1, 0.15) is 11.5 Å². The Hall–Kier alpha value is -3.31. The SMILES string of the molecule is CS(=O)(=O)c1ccc(F)c(C[C@H](N)c2ccccc2-c2noc3cc(C(F)(F)F)ccc23)n1. The number of hydrogen-bond donors (Lipinski definition) is 1. The molecule has 0 saturated carbocycles. The van der Waals surface area contributed by atoms with Gasteiger partial charge in [0.05, 0.1) is 11.3 Å². The molecule has 33 heavy (non-hydrogen) atoms. The first-order valence-electron chi connectivity index (χ1n) is 9.62. The molecule has 2 N–H and O–H groups in total. The number of halogens is 4. The molecule has 0 bridgehead atoms. The molecule has 6 nitrogen and oxygen atoms in total. The molecule has 0 amide bonds. The van der Waals surface area contributed by atoms with Gasteiger partial charge in [0.25, 0.3) is 0 Å². The number of hydrogen-bond acceptors (Lipinski definition) is 6. The number of nitrogens with two attached hydrogens (primary N) is 1. The van der Waals surface area contributed by atoms with E-state index in [0.29, 0.717) is 16.5 Å². The summed E-state index contributed by atoms with van der Waals surface area (Å²) >= 11 is 0. The van der Waals surface area contributed by atoms with E-state index in [1.165, 1.54) is 6.07 Å². The summed E-state index contributed by atoms with van der Waals surface area (Å²) in [7, 11) is -3.65. The summed E-state index contributed by atoms with van der Waals surface area (Å²) in [4.78, 5) is 3.90. The molecule has 0 fully saturated rings. The van der Waals surface area contributed by atoms with Crippen LogP contribution in [0.3, 0.4) is 0 Å². The van der Waals surface area contributed by atoms with Crippen molar-refractivity contribution in [2.75, 3.05) is 6.26 Å². The van der Waals surface area contributed by atoms with E-state index in [1.807, 2.05) is 0 Å². The van der Waals surface area contributed by atoms with Crippen molar-refractivity contribution in [2.24, 2.45) is 5.73 Å². The van der Waals surface area contributed by atoms with Gasteiger partial charge in [-0.25, -0.2) is 17.8 Å². The maximum Gasteiger partial charge on any atom is 0.416 e. The van der Waals surface area contributed by atoms with Gasteiger partial charge in [0.2, 0.25) is 0 Å². The van der Waals surface area contributed by atoms with E-state index in [1.54, 1.807) is 24.3 Å². The quantitative estimate of drug-likeness (QED) is 0.417. The van der Waals surface area contributed by atoms with Crippen molar-refractivity contribution in [3.05, 3.63) is 77.2 Å². The Bertz CT molecular complexity index is 1450. The smallest absolute Gasteiger partial charge is 0.356 e. The zero-order valence-corrected chi connectivity index (χ0v) is 17.9.